The molecule has 0 fully saturated rings. The molecule has 0 saturated heterocycles. The van der Waals surface area contributed by atoms with Gasteiger partial charge in [-0.1, -0.05) is 19.1 Å². The van der Waals surface area contributed by atoms with E-state index in [2.05, 4.69) is 22.1 Å². The van der Waals surface area contributed by atoms with Crippen molar-refractivity contribution >= 4 is 5.82 Å². The molecule has 14 heavy (non-hydrogen) atoms. The summed E-state index contributed by atoms with van der Waals surface area (Å²) in [6.07, 6.45) is 2.41. The number of hydrogen-bond donors (Lipinski definition) is 1. The molecule has 0 bridgehead atoms. The van der Waals surface area contributed by atoms with Gasteiger partial charge in [-0.25, -0.2) is 0 Å². The van der Waals surface area contributed by atoms with Gasteiger partial charge in [-0.15, -0.1) is 5.10 Å². The Morgan fingerprint density at radius 1 is 1.71 bits per heavy atom. The van der Waals surface area contributed by atoms with E-state index in [1.807, 2.05) is 13.0 Å². The molecule has 0 saturated carbocycles. The molecule has 0 aromatic carbocycles. The Bertz CT molecular complexity index is 365. The van der Waals surface area contributed by atoms with E-state index >= 15 is 0 Å². The summed E-state index contributed by atoms with van der Waals surface area (Å²) in [6.45, 7) is 6.51. The van der Waals surface area contributed by atoms with Crippen molar-refractivity contribution in [1.82, 2.24) is 10.2 Å². The summed E-state index contributed by atoms with van der Waals surface area (Å²) in [5.74, 6) is 0.518. The standard InChI is InChI=1S/C10H12N4/c1-3-8(2)7-12-10-9(6-11)4-5-13-14-10/h4-5H,2-3,7H2,1H3,(H,12,14). The topological polar surface area (TPSA) is 61.6 Å². The molecule has 0 spiro atoms. The molecule has 1 rings (SSSR count). The summed E-state index contributed by atoms with van der Waals surface area (Å²) in [5.41, 5.74) is 1.57. The Morgan fingerprint density at radius 2 is 2.50 bits per heavy atom. The monoisotopic (exact) mass is 188 g/mol. The number of hydrogen-bond acceptors (Lipinski definition) is 4. The molecule has 0 atom stereocenters. The highest BCUT2D eigenvalue weighted by Crippen LogP contribution is 2.09. The van der Waals surface area contributed by atoms with E-state index in [0.29, 0.717) is 17.9 Å². The van der Waals surface area contributed by atoms with Gasteiger partial charge >= 0.3 is 0 Å². The highest BCUT2D eigenvalue weighted by molar-refractivity contribution is 5.50. The van der Waals surface area contributed by atoms with Gasteiger partial charge in [0.15, 0.2) is 5.82 Å². The van der Waals surface area contributed by atoms with Crippen LogP contribution in [0, 0.1) is 11.3 Å². The van der Waals surface area contributed by atoms with Crippen molar-refractivity contribution in [2.24, 2.45) is 0 Å². The maximum absolute atomic E-state index is 8.76. The zero-order valence-electron chi connectivity index (χ0n) is 8.12. The number of nitriles is 1. The van der Waals surface area contributed by atoms with Crippen LogP contribution in [-0.4, -0.2) is 16.7 Å². The fourth-order valence-electron chi connectivity index (χ4n) is 0.886. The van der Waals surface area contributed by atoms with Crippen molar-refractivity contribution < 1.29 is 0 Å². The van der Waals surface area contributed by atoms with Gasteiger partial charge in [-0.3, -0.25) is 0 Å². The molecule has 4 nitrogen and oxygen atoms in total. The number of nitrogens with zero attached hydrogens (tertiary/aromatic N) is 3. The Hall–Kier alpha value is -1.89. The van der Waals surface area contributed by atoms with E-state index in [1.165, 1.54) is 6.20 Å². The fourth-order valence-corrected chi connectivity index (χ4v) is 0.886. The van der Waals surface area contributed by atoms with Crippen LogP contribution >= 0.6 is 0 Å². The van der Waals surface area contributed by atoms with Crippen molar-refractivity contribution in [3.05, 3.63) is 30.0 Å². The van der Waals surface area contributed by atoms with Crippen LogP contribution in [0.15, 0.2) is 24.4 Å². The van der Waals surface area contributed by atoms with Gasteiger partial charge in [-0.05, 0) is 12.5 Å². The molecule has 0 aliphatic heterocycles. The van der Waals surface area contributed by atoms with E-state index in [4.69, 9.17) is 5.26 Å². The first-order valence-corrected chi connectivity index (χ1v) is 4.40. The van der Waals surface area contributed by atoms with Gasteiger partial charge in [-0.2, -0.15) is 10.4 Å². The fraction of sp³-hybridized carbons (Fsp3) is 0.300. The highest BCUT2D eigenvalue weighted by Gasteiger charge is 2.01. The second-order valence-electron chi connectivity index (χ2n) is 2.86. The maximum Gasteiger partial charge on any atom is 0.166 e. The van der Waals surface area contributed by atoms with Gasteiger partial charge in [0.05, 0.1) is 11.8 Å². The summed E-state index contributed by atoms with van der Waals surface area (Å²) in [5, 5.41) is 19.3. The Kier molecular flexibility index (Phi) is 3.62. The number of aromatic nitrogens is 2. The molecule has 0 radical (unpaired) electrons. The largest absolute Gasteiger partial charge is 0.364 e. The van der Waals surface area contributed by atoms with Crippen LogP contribution in [0.1, 0.15) is 18.9 Å². The predicted molar refractivity (Wildman–Crippen MR) is 54.7 cm³/mol. The summed E-state index contributed by atoms with van der Waals surface area (Å²) in [7, 11) is 0. The van der Waals surface area contributed by atoms with Crippen molar-refractivity contribution in [2.75, 3.05) is 11.9 Å². The molecule has 0 aliphatic carbocycles. The smallest absolute Gasteiger partial charge is 0.166 e. The first-order valence-electron chi connectivity index (χ1n) is 4.40. The first kappa shape index (κ1) is 10.2. The lowest BCUT2D eigenvalue weighted by molar-refractivity contribution is 0.988. The Morgan fingerprint density at radius 3 is 3.14 bits per heavy atom. The van der Waals surface area contributed by atoms with Crippen LogP contribution in [0.2, 0.25) is 0 Å². The Labute approximate surface area is 83.3 Å². The van der Waals surface area contributed by atoms with Crippen molar-refractivity contribution in [2.45, 2.75) is 13.3 Å². The average Bonchev–Trinajstić information content (AvgIpc) is 2.26. The zero-order valence-corrected chi connectivity index (χ0v) is 8.12. The van der Waals surface area contributed by atoms with Crippen molar-refractivity contribution in [1.29, 1.82) is 5.26 Å². The summed E-state index contributed by atoms with van der Waals surface area (Å²) >= 11 is 0. The molecule has 1 heterocycles. The summed E-state index contributed by atoms with van der Waals surface area (Å²) in [6, 6.07) is 3.67. The second kappa shape index (κ2) is 4.97. The second-order valence-corrected chi connectivity index (χ2v) is 2.86. The van der Waals surface area contributed by atoms with Crippen LogP contribution in [-0.2, 0) is 0 Å². The van der Waals surface area contributed by atoms with Gasteiger partial charge in [0.1, 0.15) is 6.07 Å². The molecule has 0 unspecified atom stereocenters. The average molecular weight is 188 g/mol. The van der Waals surface area contributed by atoms with Crippen LogP contribution < -0.4 is 5.32 Å². The predicted octanol–water partition coefficient (Wildman–Crippen LogP) is 1.73. The molecule has 4 heteroatoms. The molecule has 72 valence electrons. The molecule has 1 aromatic heterocycles. The number of rotatable bonds is 4. The van der Waals surface area contributed by atoms with Crippen molar-refractivity contribution in [3.63, 3.8) is 0 Å². The first-order chi connectivity index (χ1) is 6.77. The lowest BCUT2D eigenvalue weighted by Crippen LogP contribution is -2.07. The van der Waals surface area contributed by atoms with Gasteiger partial charge in [0, 0.05) is 6.54 Å². The molecule has 0 aliphatic rings. The minimum Gasteiger partial charge on any atom is -0.364 e. The lowest BCUT2D eigenvalue weighted by Gasteiger charge is -2.06. The van der Waals surface area contributed by atoms with E-state index in [-0.39, 0.29) is 0 Å². The Balaban J connectivity index is 2.68. The number of nitrogens with one attached hydrogen (secondary N) is 1. The number of anilines is 1. The molecule has 0 amide bonds. The lowest BCUT2D eigenvalue weighted by atomic mass is 10.2. The van der Waals surface area contributed by atoms with Gasteiger partial charge < -0.3 is 5.32 Å². The summed E-state index contributed by atoms with van der Waals surface area (Å²) < 4.78 is 0. The van der Waals surface area contributed by atoms with Crippen LogP contribution in [0.25, 0.3) is 0 Å². The highest BCUT2D eigenvalue weighted by atomic mass is 15.2. The normalized spacial score (nSPS) is 9.14. The zero-order chi connectivity index (χ0) is 10.4. The SMILES string of the molecule is C=C(CC)CNc1nnccc1C#N. The molecular weight excluding hydrogens is 176 g/mol. The van der Waals surface area contributed by atoms with Gasteiger partial charge in [0.2, 0.25) is 0 Å². The minimum atomic E-state index is 0.504. The van der Waals surface area contributed by atoms with E-state index in [9.17, 15) is 0 Å². The van der Waals surface area contributed by atoms with Crippen molar-refractivity contribution in [3.8, 4) is 6.07 Å². The van der Waals surface area contributed by atoms with E-state index in [1.54, 1.807) is 6.07 Å². The third kappa shape index (κ3) is 2.56. The van der Waals surface area contributed by atoms with Crippen LogP contribution in [0.4, 0.5) is 5.82 Å². The molecular formula is C10H12N4. The van der Waals surface area contributed by atoms with Gasteiger partial charge in [0.25, 0.3) is 0 Å². The quantitative estimate of drug-likeness (QED) is 0.731. The third-order valence-electron chi connectivity index (χ3n) is 1.85. The minimum absolute atomic E-state index is 0.504. The summed E-state index contributed by atoms with van der Waals surface area (Å²) in [4.78, 5) is 0. The van der Waals surface area contributed by atoms with E-state index < -0.39 is 0 Å². The third-order valence-corrected chi connectivity index (χ3v) is 1.85. The van der Waals surface area contributed by atoms with Crippen LogP contribution in [0.5, 0.6) is 0 Å². The maximum atomic E-state index is 8.76. The van der Waals surface area contributed by atoms with Crippen LogP contribution in [0.3, 0.4) is 0 Å². The molecule has 1 N–H and O–H groups in total. The van der Waals surface area contributed by atoms with E-state index in [0.717, 1.165) is 12.0 Å². The molecule has 1 aromatic rings.